The lowest BCUT2D eigenvalue weighted by Gasteiger charge is -2.42. The summed E-state index contributed by atoms with van der Waals surface area (Å²) in [6, 6.07) is 43.7. The van der Waals surface area contributed by atoms with Crippen molar-refractivity contribution in [3.8, 4) is 11.1 Å². The predicted molar refractivity (Wildman–Crippen MR) is 272 cm³/mol. The van der Waals surface area contributed by atoms with Crippen LogP contribution >= 0.6 is 0 Å². The summed E-state index contributed by atoms with van der Waals surface area (Å²) < 4.78 is 14.1. The Morgan fingerprint density at radius 2 is 1.18 bits per heavy atom. The van der Waals surface area contributed by atoms with E-state index in [-0.39, 0.29) is 22.8 Å². The van der Waals surface area contributed by atoms with Crippen molar-refractivity contribution < 1.29 is 8.83 Å². The molecule has 8 aromatic carbocycles. The molecule has 0 saturated heterocycles. The van der Waals surface area contributed by atoms with Crippen molar-refractivity contribution in [1.82, 2.24) is 0 Å². The second-order valence-electron chi connectivity index (χ2n) is 21.1. The Balaban J connectivity index is 0.971. The summed E-state index contributed by atoms with van der Waals surface area (Å²) in [4.78, 5) is 5.18. The Labute approximate surface area is 377 Å². The molecule has 2 aliphatic heterocycles. The van der Waals surface area contributed by atoms with Crippen LogP contribution in [0.1, 0.15) is 81.9 Å². The molecule has 65 heavy (non-hydrogen) atoms. The van der Waals surface area contributed by atoms with Gasteiger partial charge in [-0.3, -0.25) is 0 Å². The van der Waals surface area contributed by atoms with E-state index in [0.29, 0.717) is 0 Å². The fourth-order valence-corrected chi connectivity index (χ4v) is 12.5. The van der Waals surface area contributed by atoms with Gasteiger partial charge in [0.2, 0.25) is 0 Å². The van der Waals surface area contributed by atoms with Crippen LogP contribution in [-0.2, 0) is 10.8 Å². The number of hydrogen-bond acceptors (Lipinski definition) is 4. The van der Waals surface area contributed by atoms with Crippen LogP contribution in [0.3, 0.4) is 0 Å². The van der Waals surface area contributed by atoms with Gasteiger partial charge in [0.05, 0.1) is 34.7 Å². The zero-order valence-corrected chi connectivity index (χ0v) is 37.4. The highest BCUT2D eigenvalue weighted by Gasteiger charge is 2.49. The van der Waals surface area contributed by atoms with Crippen molar-refractivity contribution in [2.75, 3.05) is 9.80 Å². The van der Waals surface area contributed by atoms with Gasteiger partial charge < -0.3 is 18.6 Å². The first-order valence-corrected chi connectivity index (χ1v) is 23.3. The van der Waals surface area contributed by atoms with Gasteiger partial charge in [0.25, 0.3) is 0 Å². The highest BCUT2D eigenvalue weighted by molar-refractivity contribution is 6.35. The van der Waals surface area contributed by atoms with Gasteiger partial charge in [-0.05, 0) is 86.7 Å². The van der Waals surface area contributed by atoms with E-state index in [1.54, 1.807) is 0 Å². The lowest BCUT2D eigenvalue weighted by atomic mass is 9.78. The first-order chi connectivity index (χ1) is 31.5. The van der Waals surface area contributed by atoms with E-state index in [9.17, 15) is 0 Å². The van der Waals surface area contributed by atoms with Crippen LogP contribution in [0, 0.1) is 0 Å². The average molecular weight is 839 g/mol. The van der Waals surface area contributed by atoms with Gasteiger partial charge in [-0.1, -0.05) is 151 Å². The second-order valence-corrected chi connectivity index (χ2v) is 21.1. The number of rotatable bonds is 2. The summed E-state index contributed by atoms with van der Waals surface area (Å²) in [5.41, 5.74) is 19.3. The molecule has 0 radical (unpaired) electrons. The van der Waals surface area contributed by atoms with Crippen molar-refractivity contribution in [2.24, 2.45) is 0 Å². The standard InChI is InChI=1S/C61H46N2O2/c1-60(2,3)43-19-11-16-36-38-18-13-23-49(58(38)64-56(36)43)62-45-21-9-7-14-34(45)41-30-33-25-29-48-53-42(31-32-24-28-47(62)52(41)50(32)51(33)53)35-15-8-10-22-46(35)63(48)55-40-27-26-39-37-17-12-20-44(61(4,5)6)57(37)65-59(39)54(40)55/h7-20,22-31,45,54H,21H2,1-6H3/t45?,54-/m1/s1. The van der Waals surface area contributed by atoms with E-state index in [1.807, 2.05) is 0 Å². The molecule has 4 heterocycles. The number of anilines is 4. The van der Waals surface area contributed by atoms with Crippen molar-refractivity contribution in [2.45, 2.75) is 70.8 Å². The Kier molecular flexibility index (Phi) is 6.59. The number of benzene rings is 8. The largest absolute Gasteiger partial charge is 0.459 e. The molecule has 5 aliphatic rings. The maximum Gasteiger partial charge on any atom is 0.159 e. The van der Waals surface area contributed by atoms with E-state index in [4.69, 9.17) is 8.83 Å². The van der Waals surface area contributed by atoms with Gasteiger partial charge in [0.15, 0.2) is 5.58 Å². The smallest absolute Gasteiger partial charge is 0.159 e. The zero-order chi connectivity index (χ0) is 43.4. The van der Waals surface area contributed by atoms with E-state index >= 15 is 0 Å². The van der Waals surface area contributed by atoms with Crippen molar-refractivity contribution in [1.29, 1.82) is 0 Å². The average Bonchev–Trinajstić information content (AvgIpc) is 3.70. The predicted octanol–water partition coefficient (Wildman–Crippen LogP) is 16.9. The van der Waals surface area contributed by atoms with Crippen LogP contribution in [-0.4, -0.2) is 6.04 Å². The molecule has 0 N–H and O–H groups in total. The van der Waals surface area contributed by atoms with E-state index in [2.05, 4.69) is 197 Å². The van der Waals surface area contributed by atoms with E-state index in [1.165, 1.54) is 110 Å². The summed E-state index contributed by atoms with van der Waals surface area (Å²) in [6.45, 7) is 13.7. The van der Waals surface area contributed by atoms with Crippen molar-refractivity contribution >= 4 is 99.6 Å². The maximum atomic E-state index is 7.10. The van der Waals surface area contributed by atoms with Gasteiger partial charge in [-0.15, -0.1) is 0 Å². The highest BCUT2D eigenvalue weighted by Crippen LogP contribution is 2.64. The van der Waals surface area contributed by atoms with E-state index < -0.39 is 0 Å². The van der Waals surface area contributed by atoms with E-state index in [0.717, 1.165) is 40.0 Å². The molecule has 312 valence electrons. The van der Waals surface area contributed by atoms with Crippen LogP contribution in [0.4, 0.5) is 22.7 Å². The van der Waals surface area contributed by atoms with Crippen LogP contribution in [0.15, 0.2) is 160 Å². The molecule has 3 aliphatic carbocycles. The molecule has 10 aromatic rings. The summed E-state index contributed by atoms with van der Waals surface area (Å²) in [7, 11) is 0. The summed E-state index contributed by atoms with van der Waals surface area (Å²) >= 11 is 0. The van der Waals surface area contributed by atoms with Crippen molar-refractivity contribution in [3.63, 3.8) is 0 Å². The summed E-state index contributed by atoms with van der Waals surface area (Å²) in [5.74, 6) is 1.17. The third-order valence-corrected chi connectivity index (χ3v) is 15.4. The lowest BCUT2D eigenvalue weighted by molar-refractivity contribution is 0.527. The molecule has 0 spiro atoms. The number of furan rings is 2. The van der Waals surface area contributed by atoms with Crippen LogP contribution in [0.25, 0.3) is 88.0 Å². The van der Waals surface area contributed by atoms with Crippen LogP contribution in [0.5, 0.6) is 0 Å². The molecular weight excluding hydrogens is 793 g/mol. The van der Waals surface area contributed by atoms with Gasteiger partial charge in [-0.25, -0.2) is 0 Å². The minimum absolute atomic E-state index is 0.0322. The molecular formula is C61H46N2O2. The van der Waals surface area contributed by atoms with Gasteiger partial charge in [0, 0.05) is 65.7 Å². The first kappa shape index (κ1) is 36.1. The molecule has 2 atom stereocenters. The fourth-order valence-electron chi connectivity index (χ4n) is 12.5. The Morgan fingerprint density at radius 1 is 0.538 bits per heavy atom. The number of para-hydroxylation sites is 4. The van der Waals surface area contributed by atoms with Crippen LogP contribution < -0.4 is 9.80 Å². The van der Waals surface area contributed by atoms with Gasteiger partial charge in [-0.2, -0.15) is 0 Å². The Bertz CT molecular complexity index is 3960. The number of hydrogen-bond donors (Lipinski definition) is 0. The Morgan fingerprint density at radius 3 is 1.95 bits per heavy atom. The molecule has 0 saturated carbocycles. The normalized spacial score (nSPS) is 18.4. The third-order valence-electron chi connectivity index (χ3n) is 15.4. The molecule has 15 rings (SSSR count). The molecule has 0 amide bonds. The monoisotopic (exact) mass is 838 g/mol. The molecule has 4 nitrogen and oxygen atoms in total. The number of fused-ring (bicyclic) bond motifs is 12. The number of nitrogens with zero attached hydrogens (tertiary/aromatic N) is 2. The molecule has 0 fully saturated rings. The zero-order valence-electron chi connectivity index (χ0n) is 37.4. The SMILES string of the molecule is CC(C)(C)c1cccc2c3c(oc12)[C@@H]1C(=C1N1c2ccccc2-c2cc4ccc5c6c(cc7ccc1c2c7c46)C1=CC=CCC1N5c1cccc2c1oc1c(C(C)(C)C)cccc12)C=C3. The topological polar surface area (TPSA) is 32.8 Å². The first-order valence-electron chi connectivity index (χ1n) is 23.3. The lowest BCUT2D eigenvalue weighted by Crippen LogP contribution is -2.35. The molecule has 0 bridgehead atoms. The van der Waals surface area contributed by atoms with Crippen molar-refractivity contribution in [3.05, 3.63) is 179 Å². The molecule has 2 aromatic heterocycles. The fraction of sp³-hybridized carbons (Fsp3) is 0.180. The van der Waals surface area contributed by atoms with Gasteiger partial charge >= 0.3 is 0 Å². The maximum absolute atomic E-state index is 7.10. The highest BCUT2D eigenvalue weighted by atomic mass is 16.3. The second kappa shape index (κ2) is 11.9. The minimum Gasteiger partial charge on any atom is -0.459 e. The van der Waals surface area contributed by atoms with Crippen LogP contribution in [0.2, 0.25) is 0 Å². The summed E-state index contributed by atoms with van der Waals surface area (Å²) in [6.07, 6.45) is 12.5. The minimum atomic E-state index is -0.0575. The van der Waals surface area contributed by atoms with Gasteiger partial charge in [0.1, 0.15) is 16.9 Å². The summed E-state index contributed by atoms with van der Waals surface area (Å²) in [5, 5.41) is 11.4. The molecule has 4 heteroatoms. The quantitative estimate of drug-likeness (QED) is 0.162. The third kappa shape index (κ3) is 4.52. The number of allylic oxidation sites excluding steroid dienone is 5. The Hall–Kier alpha value is -7.30. The molecule has 1 unspecified atom stereocenters.